The molecule has 0 spiro atoms. The van der Waals surface area contributed by atoms with Crippen LogP contribution in [-0.2, 0) is 11.2 Å². The second kappa shape index (κ2) is 4.42. The van der Waals surface area contributed by atoms with Crippen LogP contribution >= 0.6 is 0 Å². The lowest BCUT2D eigenvalue weighted by atomic mass is 10.2. The quantitative estimate of drug-likeness (QED) is 0.745. The standard InChI is InChI=1S/C11H15NO2/c13-10(5-6-12-9-3-4-9)8-11-2-1-7-14-11/h1-2,7,9,12H,3-6,8H2. The number of hydrogen-bond acceptors (Lipinski definition) is 3. The van der Waals surface area contributed by atoms with Gasteiger partial charge in [-0.3, -0.25) is 4.79 Å². The zero-order valence-corrected chi connectivity index (χ0v) is 8.16. The summed E-state index contributed by atoms with van der Waals surface area (Å²) in [5, 5.41) is 3.32. The number of carbonyl (C=O) groups excluding carboxylic acids is 1. The van der Waals surface area contributed by atoms with E-state index in [2.05, 4.69) is 5.32 Å². The van der Waals surface area contributed by atoms with Crippen LogP contribution in [0, 0.1) is 0 Å². The number of ketones is 1. The van der Waals surface area contributed by atoms with E-state index < -0.39 is 0 Å². The Morgan fingerprint density at radius 3 is 3.07 bits per heavy atom. The number of Topliss-reactive ketones (excluding diaryl/α,β-unsaturated/α-hetero) is 1. The minimum atomic E-state index is 0.244. The molecule has 1 heterocycles. The summed E-state index contributed by atoms with van der Waals surface area (Å²) in [7, 11) is 0. The first-order chi connectivity index (χ1) is 6.84. The highest BCUT2D eigenvalue weighted by atomic mass is 16.3. The maximum absolute atomic E-state index is 11.4. The van der Waals surface area contributed by atoms with E-state index in [0.29, 0.717) is 18.9 Å². The Balaban J connectivity index is 1.62. The van der Waals surface area contributed by atoms with E-state index in [9.17, 15) is 4.79 Å². The highest BCUT2D eigenvalue weighted by molar-refractivity contribution is 5.80. The van der Waals surface area contributed by atoms with Crippen LogP contribution in [0.5, 0.6) is 0 Å². The van der Waals surface area contributed by atoms with Gasteiger partial charge in [-0.1, -0.05) is 0 Å². The molecule has 76 valence electrons. The smallest absolute Gasteiger partial charge is 0.141 e. The van der Waals surface area contributed by atoms with Gasteiger partial charge in [-0.2, -0.15) is 0 Å². The topological polar surface area (TPSA) is 42.2 Å². The summed E-state index contributed by atoms with van der Waals surface area (Å²) in [5.41, 5.74) is 0. The second-order valence-corrected chi connectivity index (χ2v) is 3.77. The molecule has 14 heavy (non-hydrogen) atoms. The molecular weight excluding hydrogens is 178 g/mol. The Hall–Kier alpha value is -1.09. The number of rotatable bonds is 6. The molecule has 1 N–H and O–H groups in total. The highest BCUT2D eigenvalue weighted by Crippen LogP contribution is 2.18. The van der Waals surface area contributed by atoms with Gasteiger partial charge in [0, 0.05) is 19.0 Å². The summed E-state index contributed by atoms with van der Waals surface area (Å²) in [5.74, 6) is 1.01. The Labute approximate surface area is 83.5 Å². The van der Waals surface area contributed by atoms with Gasteiger partial charge in [0.2, 0.25) is 0 Å². The Kier molecular flexibility index (Phi) is 2.99. The minimum Gasteiger partial charge on any atom is -0.469 e. The Bertz CT molecular complexity index is 288. The summed E-state index contributed by atoms with van der Waals surface area (Å²) in [6, 6.07) is 4.34. The van der Waals surface area contributed by atoms with Gasteiger partial charge in [-0.15, -0.1) is 0 Å². The van der Waals surface area contributed by atoms with E-state index >= 15 is 0 Å². The molecule has 0 bridgehead atoms. The van der Waals surface area contributed by atoms with E-state index in [-0.39, 0.29) is 5.78 Å². The summed E-state index contributed by atoms with van der Waals surface area (Å²) < 4.78 is 5.10. The molecule has 3 heteroatoms. The van der Waals surface area contributed by atoms with Crippen LogP contribution in [0.15, 0.2) is 22.8 Å². The monoisotopic (exact) mass is 193 g/mol. The Morgan fingerprint density at radius 1 is 1.57 bits per heavy atom. The Morgan fingerprint density at radius 2 is 2.43 bits per heavy atom. The maximum atomic E-state index is 11.4. The molecule has 1 fully saturated rings. The normalized spacial score (nSPS) is 15.7. The summed E-state index contributed by atoms with van der Waals surface area (Å²) in [6.07, 6.45) is 5.18. The van der Waals surface area contributed by atoms with Crippen molar-refractivity contribution in [2.45, 2.75) is 31.7 Å². The van der Waals surface area contributed by atoms with Crippen molar-refractivity contribution < 1.29 is 9.21 Å². The molecule has 0 aliphatic heterocycles. The fourth-order valence-electron chi connectivity index (χ4n) is 1.40. The summed E-state index contributed by atoms with van der Waals surface area (Å²) in [4.78, 5) is 11.4. The van der Waals surface area contributed by atoms with Crippen LogP contribution in [0.4, 0.5) is 0 Å². The van der Waals surface area contributed by atoms with E-state index in [0.717, 1.165) is 12.3 Å². The molecule has 1 aliphatic carbocycles. The number of nitrogens with one attached hydrogen (secondary N) is 1. The van der Waals surface area contributed by atoms with Crippen LogP contribution in [0.25, 0.3) is 0 Å². The molecule has 0 radical (unpaired) electrons. The molecule has 1 aromatic rings. The molecule has 0 atom stereocenters. The lowest BCUT2D eigenvalue weighted by Crippen LogP contribution is -2.20. The van der Waals surface area contributed by atoms with Crippen LogP contribution < -0.4 is 5.32 Å². The fourth-order valence-corrected chi connectivity index (χ4v) is 1.40. The number of furan rings is 1. The van der Waals surface area contributed by atoms with Gasteiger partial charge < -0.3 is 9.73 Å². The van der Waals surface area contributed by atoms with Crippen molar-refractivity contribution >= 4 is 5.78 Å². The van der Waals surface area contributed by atoms with Crippen LogP contribution in [0.1, 0.15) is 25.0 Å². The molecule has 2 rings (SSSR count). The van der Waals surface area contributed by atoms with Gasteiger partial charge in [0.1, 0.15) is 11.5 Å². The first kappa shape index (κ1) is 9.46. The molecule has 0 unspecified atom stereocenters. The maximum Gasteiger partial charge on any atom is 0.141 e. The van der Waals surface area contributed by atoms with Gasteiger partial charge in [-0.25, -0.2) is 0 Å². The third-order valence-corrected chi connectivity index (χ3v) is 2.37. The van der Waals surface area contributed by atoms with E-state index in [4.69, 9.17) is 4.42 Å². The predicted molar refractivity (Wildman–Crippen MR) is 53.1 cm³/mol. The lowest BCUT2D eigenvalue weighted by Gasteiger charge is -2.00. The van der Waals surface area contributed by atoms with E-state index in [1.807, 2.05) is 12.1 Å². The number of carbonyl (C=O) groups is 1. The third-order valence-electron chi connectivity index (χ3n) is 2.37. The van der Waals surface area contributed by atoms with Crippen molar-refractivity contribution in [2.24, 2.45) is 0 Å². The van der Waals surface area contributed by atoms with E-state index in [1.165, 1.54) is 12.8 Å². The van der Waals surface area contributed by atoms with Crippen molar-refractivity contribution in [3.63, 3.8) is 0 Å². The van der Waals surface area contributed by atoms with Crippen LogP contribution in [0.2, 0.25) is 0 Å². The van der Waals surface area contributed by atoms with Gasteiger partial charge >= 0.3 is 0 Å². The predicted octanol–water partition coefficient (Wildman–Crippen LogP) is 1.53. The molecular formula is C11H15NO2. The van der Waals surface area contributed by atoms with E-state index in [1.54, 1.807) is 6.26 Å². The molecule has 1 aliphatic rings. The highest BCUT2D eigenvalue weighted by Gasteiger charge is 2.20. The number of hydrogen-bond donors (Lipinski definition) is 1. The van der Waals surface area contributed by atoms with Crippen molar-refractivity contribution in [1.29, 1.82) is 0 Å². The summed E-state index contributed by atoms with van der Waals surface area (Å²) in [6.45, 7) is 0.810. The SMILES string of the molecule is O=C(CCNC1CC1)Cc1ccco1. The summed E-state index contributed by atoms with van der Waals surface area (Å²) >= 11 is 0. The lowest BCUT2D eigenvalue weighted by molar-refractivity contribution is -0.118. The van der Waals surface area contributed by atoms with Crippen molar-refractivity contribution in [1.82, 2.24) is 5.32 Å². The largest absolute Gasteiger partial charge is 0.469 e. The van der Waals surface area contributed by atoms with Gasteiger partial charge in [0.15, 0.2) is 0 Å². The van der Waals surface area contributed by atoms with Crippen molar-refractivity contribution in [3.8, 4) is 0 Å². The third kappa shape index (κ3) is 3.00. The zero-order chi connectivity index (χ0) is 9.80. The molecule has 3 nitrogen and oxygen atoms in total. The first-order valence-corrected chi connectivity index (χ1v) is 5.12. The van der Waals surface area contributed by atoms with Gasteiger partial charge in [-0.05, 0) is 25.0 Å². The van der Waals surface area contributed by atoms with Crippen LogP contribution in [-0.4, -0.2) is 18.4 Å². The second-order valence-electron chi connectivity index (χ2n) is 3.77. The van der Waals surface area contributed by atoms with Crippen LogP contribution in [0.3, 0.4) is 0 Å². The van der Waals surface area contributed by atoms with Gasteiger partial charge in [0.05, 0.1) is 12.7 Å². The molecule has 0 aromatic carbocycles. The van der Waals surface area contributed by atoms with Crippen molar-refractivity contribution in [3.05, 3.63) is 24.2 Å². The average Bonchev–Trinajstić information content (AvgIpc) is 2.83. The average molecular weight is 193 g/mol. The molecule has 0 amide bonds. The van der Waals surface area contributed by atoms with Crippen molar-refractivity contribution in [2.75, 3.05) is 6.54 Å². The van der Waals surface area contributed by atoms with Gasteiger partial charge in [0.25, 0.3) is 0 Å². The fraction of sp³-hybridized carbons (Fsp3) is 0.545. The first-order valence-electron chi connectivity index (χ1n) is 5.12. The molecule has 0 saturated heterocycles. The minimum absolute atomic E-state index is 0.244. The zero-order valence-electron chi connectivity index (χ0n) is 8.16. The molecule has 1 saturated carbocycles. The molecule has 1 aromatic heterocycles.